The van der Waals surface area contributed by atoms with Crippen molar-refractivity contribution < 1.29 is 9.66 Å². The lowest BCUT2D eigenvalue weighted by atomic mass is 9.78. The minimum Gasteiger partial charge on any atom is -0.478 e. The lowest BCUT2D eigenvalue weighted by Gasteiger charge is -2.34. The molecule has 0 aliphatic carbocycles. The van der Waals surface area contributed by atoms with Crippen molar-refractivity contribution in [3.05, 3.63) is 111 Å². The molecule has 1 aliphatic rings. The Labute approximate surface area is 168 Å². The maximum atomic E-state index is 12.4. The smallest absolute Gasteiger partial charge is 0.264 e. The summed E-state index contributed by atoms with van der Waals surface area (Å²) in [4.78, 5) is 15.5. The van der Waals surface area contributed by atoms with Crippen LogP contribution in [0, 0.1) is 17.0 Å². The number of H-pyrrole nitrogens is 1. The molecular formula is C24H20N2O3. The molecule has 3 atom stereocenters. The number of nitro groups is 1. The molecule has 0 spiro atoms. The molecule has 5 heteroatoms. The van der Waals surface area contributed by atoms with Crippen molar-refractivity contribution >= 4 is 10.9 Å². The summed E-state index contributed by atoms with van der Waals surface area (Å²) >= 11 is 0. The van der Waals surface area contributed by atoms with Gasteiger partial charge in [-0.15, -0.1) is 0 Å². The van der Waals surface area contributed by atoms with E-state index in [1.54, 1.807) is 0 Å². The molecule has 0 saturated heterocycles. The molecule has 0 saturated carbocycles. The minimum atomic E-state index is -0.938. The second kappa shape index (κ2) is 6.78. The van der Waals surface area contributed by atoms with Gasteiger partial charge in [0.15, 0.2) is 6.10 Å². The van der Waals surface area contributed by atoms with E-state index in [-0.39, 0.29) is 4.92 Å². The van der Waals surface area contributed by atoms with Crippen LogP contribution in [0.1, 0.15) is 34.3 Å². The SMILES string of the molecule is Cc1ccc(C2Oc3ccccc3C(c3c[nH]c4ccccc34)C2[N+](=O)[O-])cc1. The van der Waals surface area contributed by atoms with Gasteiger partial charge in [0.25, 0.3) is 6.04 Å². The molecule has 3 aromatic carbocycles. The maximum Gasteiger partial charge on any atom is 0.264 e. The van der Waals surface area contributed by atoms with Gasteiger partial charge in [-0.2, -0.15) is 0 Å². The van der Waals surface area contributed by atoms with Gasteiger partial charge in [-0.3, -0.25) is 10.1 Å². The van der Waals surface area contributed by atoms with E-state index in [1.165, 1.54) is 0 Å². The van der Waals surface area contributed by atoms with Gasteiger partial charge in [-0.1, -0.05) is 66.2 Å². The van der Waals surface area contributed by atoms with Crippen molar-refractivity contribution in [1.82, 2.24) is 4.98 Å². The highest BCUT2D eigenvalue weighted by molar-refractivity contribution is 5.84. The zero-order valence-electron chi connectivity index (χ0n) is 15.9. The Morgan fingerprint density at radius 3 is 2.45 bits per heavy atom. The Balaban J connectivity index is 1.74. The highest BCUT2D eigenvalue weighted by Gasteiger charge is 2.48. The first-order valence-electron chi connectivity index (χ1n) is 9.65. The van der Waals surface area contributed by atoms with E-state index in [0.717, 1.165) is 33.2 Å². The quantitative estimate of drug-likeness (QED) is 0.380. The van der Waals surface area contributed by atoms with Crippen LogP contribution < -0.4 is 4.74 Å². The number of ether oxygens (including phenoxy) is 1. The second-order valence-electron chi connectivity index (χ2n) is 7.53. The fourth-order valence-electron chi connectivity index (χ4n) is 4.37. The Kier molecular flexibility index (Phi) is 4.09. The third kappa shape index (κ3) is 2.86. The average molecular weight is 384 g/mol. The van der Waals surface area contributed by atoms with Gasteiger partial charge in [0.05, 0.1) is 5.92 Å². The van der Waals surface area contributed by atoms with Crippen LogP contribution in [0.2, 0.25) is 0 Å². The van der Waals surface area contributed by atoms with Gasteiger partial charge in [-0.05, 0) is 30.2 Å². The van der Waals surface area contributed by atoms with Crippen LogP contribution in [-0.4, -0.2) is 15.9 Å². The fraction of sp³-hybridized carbons (Fsp3) is 0.167. The van der Waals surface area contributed by atoms with Gasteiger partial charge < -0.3 is 9.72 Å². The molecule has 5 nitrogen and oxygen atoms in total. The van der Waals surface area contributed by atoms with Crippen molar-refractivity contribution in [2.45, 2.75) is 25.0 Å². The van der Waals surface area contributed by atoms with Gasteiger partial charge >= 0.3 is 0 Å². The molecule has 0 amide bonds. The van der Waals surface area contributed by atoms with Crippen molar-refractivity contribution in [1.29, 1.82) is 0 Å². The van der Waals surface area contributed by atoms with Crippen LogP contribution in [0.5, 0.6) is 5.75 Å². The average Bonchev–Trinajstić information content (AvgIpc) is 3.16. The molecule has 4 aromatic rings. The largest absolute Gasteiger partial charge is 0.478 e. The molecular weight excluding hydrogens is 364 g/mol. The monoisotopic (exact) mass is 384 g/mol. The van der Waals surface area contributed by atoms with Gasteiger partial charge in [0.1, 0.15) is 5.75 Å². The number of nitrogens with one attached hydrogen (secondary N) is 1. The van der Waals surface area contributed by atoms with E-state index in [9.17, 15) is 10.1 Å². The number of benzene rings is 3. The number of rotatable bonds is 3. The van der Waals surface area contributed by atoms with E-state index in [4.69, 9.17) is 4.74 Å². The van der Waals surface area contributed by atoms with Crippen molar-refractivity contribution in [2.75, 3.05) is 0 Å². The molecule has 1 aliphatic heterocycles. The van der Waals surface area contributed by atoms with Crippen LogP contribution in [0.3, 0.4) is 0 Å². The summed E-state index contributed by atoms with van der Waals surface area (Å²) in [6.45, 7) is 2.00. The number of aromatic amines is 1. The molecule has 2 heterocycles. The lowest BCUT2D eigenvalue weighted by molar-refractivity contribution is -0.538. The summed E-state index contributed by atoms with van der Waals surface area (Å²) in [5.41, 5.74) is 4.67. The molecule has 5 rings (SSSR count). The third-order valence-electron chi connectivity index (χ3n) is 5.77. The molecule has 0 bridgehead atoms. The predicted molar refractivity (Wildman–Crippen MR) is 112 cm³/mol. The lowest BCUT2D eigenvalue weighted by Crippen LogP contribution is -2.40. The Hall–Kier alpha value is -3.60. The Morgan fingerprint density at radius 1 is 0.931 bits per heavy atom. The third-order valence-corrected chi connectivity index (χ3v) is 5.77. The normalized spacial score (nSPS) is 20.8. The number of nitrogens with zero attached hydrogens (tertiary/aromatic N) is 1. The minimum absolute atomic E-state index is 0.188. The zero-order chi connectivity index (χ0) is 20.0. The van der Waals surface area contributed by atoms with E-state index in [2.05, 4.69) is 4.98 Å². The summed E-state index contributed by atoms with van der Waals surface area (Å²) in [6.07, 6.45) is 1.24. The Morgan fingerprint density at radius 2 is 1.66 bits per heavy atom. The van der Waals surface area contributed by atoms with Crippen molar-refractivity contribution in [2.24, 2.45) is 0 Å². The number of fused-ring (bicyclic) bond motifs is 2. The van der Waals surface area contributed by atoms with Crippen LogP contribution in [0.25, 0.3) is 10.9 Å². The van der Waals surface area contributed by atoms with E-state index in [0.29, 0.717) is 5.75 Å². The standard InChI is InChI=1S/C24H20N2O3/c1-15-10-12-16(13-11-15)24-23(26(27)28)22(18-7-3-5-9-21(18)29-24)19-14-25-20-8-4-2-6-17(19)20/h2-14,22-25H,1H3. The molecule has 3 unspecified atom stereocenters. The van der Waals surface area contributed by atoms with E-state index < -0.39 is 18.1 Å². The van der Waals surface area contributed by atoms with Gasteiger partial charge in [0.2, 0.25) is 0 Å². The first-order valence-corrected chi connectivity index (χ1v) is 9.65. The van der Waals surface area contributed by atoms with Crippen LogP contribution in [0.4, 0.5) is 0 Å². The molecule has 144 valence electrons. The molecule has 1 aromatic heterocycles. The van der Waals surface area contributed by atoms with Crippen molar-refractivity contribution in [3.8, 4) is 5.75 Å². The van der Waals surface area contributed by atoms with Gasteiger partial charge in [-0.25, -0.2) is 0 Å². The second-order valence-corrected chi connectivity index (χ2v) is 7.53. The summed E-state index contributed by atoms with van der Waals surface area (Å²) in [5.74, 6) is 0.281. The number of hydrogen-bond acceptors (Lipinski definition) is 3. The highest BCUT2D eigenvalue weighted by Crippen LogP contribution is 2.47. The summed E-state index contributed by atoms with van der Waals surface area (Å²) in [5, 5.41) is 13.4. The topological polar surface area (TPSA) is 68.2 Å². The first-order chi connectivity index (χ1) is 14.1. The van der Waals surface area contributed by atoms with Crippen LogP contribution in [0.15, 0.2) is 79.0 Å². The number of aryl methyl sites for hydroxylation is 1. The predicted octanol–water partition coefficient (Wildman–Crippen LogP) is 5.39. The molecule has 0 radical (unpaired) electrons. The zero-order valence-corrected chi connectivity index (χ0v) is 15.9. The van der Waals surface area contributed by atoms with E-state index >= 15 is 0 Å². The molecule has 29 heavy (non-hydrogen) atoms. The molecule has 1 N–H and O–H groups in total. The van der Waals surface area contributed by atoms with Crippen LogP contribution >= 0.6 is 0 Å². The van der Waals surface area contributed by atoms with E-state index in [1.807, 2.05) is 85.9 Å². The first kappa shape index (κ1) is 17.5. The Bertz CT molecular complexity index is 1200. The number of para-hydroxylation sites is 2. The molecule has 0 fully saturated rings. The maximum absolute atomic E-state index is 12.4. The summed E-state index contributed by atoms with van der Waals surface area (Å²) in [7, 11) is 0. The number of aromatic nitrogens is 1. The van der Waals surface area contributed by atoms with Crippen molar-refractivity contribution in [3.63, 3.8) is 0 Å². The summed E-state index contributed by atoms with van der Waals surface area (Å²) in [6, 6.07) is 22.4. The fourth-order valence-corrected chi connectivity index (χ4v) is 4.37. The van der Waals surface area contributed by atoms with Gasteiger partial charge in [0, 0.05) is 27.6 Å². The highest BCUT2D eigenvalue weighted by atomic mass is 16.6. The number of hydrogen-bond donors (Lipinski definition) is 1. The summed E-state index contributed by atoms with van der Waals surface area (Å²) < 4.78 is 6.22. The van der Waals surface area contributed by atoms with Crippen LogP contribution in [-0.2, 0) is 0 Å².